The van der Waals surface area contributed by atoms with Crippen molar-refractivity contribution in [2.75, 3.05) is 18.1 Å². The predicted octanol–water partition coefficient (Wildman–Crippen LogP) is -0.993. The van der Waals surface area contributed by atoms with E-state index in [0.29, 0.717) is 18.9 Å². The van der Waals surface area contributed by atoms with Crippen molar-refractivity contribution in [2.45, 2.75) is 24.9 Å². The Kier molecular flexibility index (Phi) is 4.46. The minimum atomic E-state index is -1.29. The molecule has 0 saturated carbocycles. The topological polar surface area (TPSA) is 116 Å². The lowest BCUT2D eigenvalue weighted by atomic mass is 10.2. The highest BCUT2D eigenvalue weighted by Gasteiger charge is 2.34. The van der Waals surface area contributed by atoms with Crippen LogP contribution < -0.4 is 10.2 Å². The maximum Gasteiger partial charge on any atom is 0.328 e. The zero-order valence-electron chi connectivity index (χ0n) is 10.8. The van der Waals surface area contributed by atoms with Crippen LogP contribution in [0.3, 0.4) is 0 Å². The third kappa shape index (κ3) is 3.02. The van der Waals surface area contributed by atoms with E-state index < -0.39 is 30.6 Å². The van der Waals surface area contributed by atoms with Gasteiger partial charge in [-0.2, -0.15) is 0 Å². The van der Waals surface area contributed by atoms with E-state index in [0.717, 1.165) is 6.42 Å². The maximum atomic E-state index is 12.1. The lowest BCUT2D eigenvalue weighted by molar-refractivity contribution is -0.143. The van der Waals surface area contributed by atoms with Gasteiger partial charge in [0.25, 0.3) is 0 Å². The van der Waals surface area contributed by atoms with E-state index in [1.165, 1.54) is 0 Å². The molecule has 0 radical (unpaired) electrons. The van der Waals surface area contributed by atoms with Gasteiger partial charge in [-0.25, -0.2) is 14.8 Å². The van der Waals surface area contributed by atoms with Crippen molar-refractivity contribution in [3.63, 3.8) is 0 Å². The quantitative estimate of drug-likeness (QED) is 0.634. The van der Waals surface area contributed by atoms with Crippen LogP contribution in [0, 0.1) is 0 Å². The highest BCUT2D eigenvalue weighted by Crippen LogP contribution is 2.21. The van der Waals surface area contributed by atoms with E-state index in [4.69, 9.17) is 10.2 Å². The standard InChI is InChI=1S/C12H16N4O4/c17-7-8(11(19)20)15-10(18)9-3-1-6-16(9)12-13-4-2-5-14-12/h2,4-5,8-9,17H,1,3,6-7H2,(H,15,18)(H,19,20)/t8-,9?/m0/s1. The van der Waals surface area contributed by atoms with Gasteiger partial charge in [-0.05, 0) is 18.9 Å². The molecule has 1 aromatic heterocycles. The zero-order chi connectivity index (χ0) is 14.5. The highest BCUT2D eigenvalue weighted by molar-refractivity contribution is 5.89. The minimum Gasteiger partial charge on any atom is -0.480 e. The van der Waals surface area contributed by atoms with Crippen molar-refractivity contribution in [3.8, 4) is 0 Å². The molecule has 0 aliphatic carbocycles. The number of nitrogens with one attached hydrogen (secondary N) is 1. The number of aliphatic hydroxyl groups is 1. The molecule has 1 aromatic rings. The molecule has 1 unspecified atom stereocenters. The summed E-state index contributed by atoms with van der Waals surface area (Å²) in [6, 6.07) is -0.117. The van der Waals surface area contributed by atoms with Crippen molar-refractivity contribution < 1.29 is 19.8 Å². The summed E-state index contributed by atoms with van der Waals surface area (Å²) in [6.07, 6.45) is 4.57. The summed E-state index contributed by atoms with van der Waals surface area (Å²) in [5.74, 6) is -1.25. The molecule has 0 bridgehead atoms. The summed E-state index contributed by atoms with van der Waals surface area (Å²) in [5.41, 5.74) is 0. The largest absolute Gasteiger partial charge is 0.480 e. The first-order valence-corrected chi connectivity index (χ1v) is 6.31. The molecule has 1 saturated heterocycles. The van der Waals surface area contributed by atoms with Gasteiger partial charge in [0.1, 0.15) is 12.1 Å². The Morgan fingerprint density at radius 1 is 1.45 bits per heavy atom. The lowest BCUT2D eigenvalue weighted by Crippen LogP contribution is -2.51. The Bertz CT molecular complexity index is 482. The number of hydrogen-bond acceptors (Lipinski definition) is 6. The Morgan fingerprint density at radius 3 is 2.75 bits per heavy atom. The van der Waals surface area contributed by atoms with Crippen molar-refractivity contribution in [3.05, 3.63) is 18.5 Å². The van der Waals surface area contributed by atoms with E-state index in [-0.39, 0.29) is 0 Å². The SMILES string of the molecule is O=C(N[C@@H](CO)C(=O)O)C1CCCN1c1ncccn1. The summed E-state index contributed by atoms with van der Waals surface area (Å²) in [5, 5.41) is 20.1. The van der Waals surface area contributed by atoms with Crippen LogP contribution in [0.25, 0.3) is 0 Å². The van der Waals surface area contributed by atoms with E-state index in [2.05, 4.69) is 15.3 Å². The van der Waals surface area contributed by atoms with Crippen LogP contribution in [0.15, 0.2) is 18.5 Å². The fraction of sp³-hybridized carbons (Fsp3) is 0.500. The molecule has 8 heteroatoms. The maximum absolute atomic E-state index is 12.1. The molecule has 1 amide bonds. The number of carbonyl (C=O) groups excluding carboxylic acids is 1. The number of nitrogens with zero attached hydrogens (tertiary/aromatic N) is 3. The lowest BCUT2D eigenvalue weighted by Gasteiger charge is -2.24. The molecule has 1 aliphatic rings. The van der Waals surface area contributed by atoms with E-state index in [1.54, 1.807) is 23.4 Å². The fourth-order valence-corrected chi connectivity index (χ4v) is 2.17. The molecule has 2 atom stereocenters. The molecule has 20 heavy (non-hydrogen) atoms. The van der Waals surface area contributed by atoms with Crippen molar-refractivity contribution in [1.82, 2.24) is 15.3 Å². The van der Waals surface area contributed by atoms with Gasteiger partial charge in [-0.3, -0.25) is 4.79 Å². The van der Waals surface area contributed by atoms with Crippen LogP contribution in [0.4, 0.5) is 5.95 Å². The molecule has 1 aliphatic heterocycles. The molecule has 0 spiro atoms. The van der Waals surface area contributed by atoms with Crippen molar-refractivity contribution in [1.29, 1.82) is 0 Å². The number of anilines is 1. The molecule has 2 heterocycles. The molecular weight excluding hydrogens is 264 g/mol. The number of amides is 1. The second-order valence-electron chi connectivity index (χ2n) is 4.48. The van der Waals surface area contributed by atoms with Crippen LogP contribution in [-0.2, 0) is 9.59 Å². The van der Waals surface area contributed by atoms with Crippen LogP contribution >= 0.6 is 0 Å². The third-order valence-electron chi connectivity index (χ3n) is 3.16. The Morgan fingerprint density at radius 2 is 2.15 bits per heavy atom. The summed E-state index contributed by atoms with van der Waals surface area (Å²) in [6.45, 7) is -0.00536. The normalized spacial score (nSPS) is 19.6. The Labute approximate surface area is 115 Å². The Hall–Kier alpha value is -2.22. The molecule has 108 valence electrons. The minimum absolute atomic E-state index is 0.434. The fourth-order valence-electron chi connectivity index (χ4n) is 2.17. The summed E-state index contributed by atoms with van der Waals surface area (Å²) in [4.78, 5) is 32.9. The average molecular weight is 280 g/mol. The molecule has 0 aromatic carbocycles. The first-order chi connectivity index (χ1) is 9.63. The number of aliphatic hydroxyl groups excluding tert-OH is 1. The summed E-state index contributed by atoms with van der Waals surface area (Å²) in [7, 11) is 0. The summed E-state index contributed by atoms with van der Waals surface area (Å²) >= 11 is 0. The number of aliphatic carboxylic acids is 1. The van der Waals surface area contributed by atoms with Gasteiger partial charge in [-0.1, -0.05) is 0 Å². The molecule has 8 nitrogen and oxygen atoms in total. The monoisotopic (exact) mass is 280 g/mol. The molecular formula is C12H16N4O4. The highest BCUT2D eigenvalue weighted by atomic mass is 16.4. The number of hydrogen-bond donors (Lipinski definition) is 3. The van der Waals surface area contributed by atoms with E-state index >= 15 is 0 Å². The zero-order valence-corrected chi connectivity index (χ0v) is 10.8. The van der Waals surface area contributed by atoms with Crippen LogP contribution in [0.5, 0.6) is 0 Å². The van der Waals surface area contributed by atoms with Gasteiger partial charge in [-0.15, -0.1) is 0 Å². The number of carboxylic acid groups (broad SMARTS) is 1. The van der Waals surface area contributed by atoms with Crippen LogP contribution in [-0.4, -0.2) is 57.3 Å². The first-order valence-electron chi connectivity index (χ1n) is 6.31. The number of rotatable bonds is 5. The molecule has 3 N–H and O–H groups in total. The summed E-state index contributed by atoms with van der Waals surface area (Å²) < 4.78 is 0. The van der Waals surface area contributed by atoms with Gasteiger partial charge < -0.3 is 20.4 Å². The average Bonchev–Trinajstić information content (AvgIpc) is 2.94. The van der Waals surface area contributed by atoms with Gasteiger partial charge in [0.15, 0.2) is 0 Å². The van der Waals surface area contributed by atoms with E-state index in [1.807, 2.05) is 0 Å². The number of aromatic nitrogens is 2. The molecule has 1 fully saturated rings. The number of carboxylic acids is 1. The van der Waals surface area contributed by atoms with Gasteiger partial charge in [0.2, 0.25) is 11.9 Å². The molecule has 2 rings (SSSR count). The second-order valence-corrected chi connectivity index (χ2v) is 4.48. The van der Waals surface area contributed by atoms with Crippen molar-refractivity contribution in [2.24, 2.45) is 0 Å². The third-order valence-corrected chi connectivity index (χ3v) is 3.16. The van der Waals surface area contributed by atoms with E-state index in [9.17, 15) is 9.59 Å². The number of carbonyl (C=O) groups is 2. The van der Waals surface area contributed by atoms with Crippen molar-refractivity contribution >= 4 is 17.8 Å². The van der Waals surface area contributed by atoms with Gasteiger partial charge >= 0.3 is 5.97 Å². The van der Waals surface area contributed by atoms with Gasteiger partial charge in [0, 0.05) is 18.9 Å². The first kappa shape index (κ1) is 14.2. The van der Waals surface area contributed by atoms with Gasteiger partial charge in [0.05, 0.1) is 6.61 Å². The van der Waals surface area contributed by atoms with Crippen LogP contribution in [0.2, 0.25) is 0 Å². The Balaban J connectivity index is 2.07. The smallest absolute Gasteiger partial charge is 0.328 e. The second kappa shape index (κ2) is 6.29. The van der Waals surface area contributed by atoms with Crippen LogP contribution in [0.1, 0.15) is 12.8 Å². The predicted molar refractivity (Wildman–Crippen MR) is 69.1 cm³/mol.